The van der Waals surface area contributed by atoms with Gasteiger partial charge in [-0.1, -0.05) is 13.8 Å². The second-order valence-corrected chi connectivity index (χ2v) is 4.29. The third-order valence-corrected chi connectivity index (χ3v) is 2.12. The maximum absolute atomic E-state index is 8.60. The third kappa shape index (κ3) is 5.88. The summed E-state index contributed by atoms with van der Waals surface area (Å²) in [6, 6.07) is 5.56. The lowest BCUT2D eigenvalue weighted by Gasteiger charge is -2.08. The molecule has 92 valence electrons. The van der Waals surface area contributed by atoms with Gasteiger partial charge in [-0.25, -0.2) is 4.98 Å². The quantitative estimate of drug-likeness (QED) is 0.735. The fourth-order valence-electron chi connectivity index (χ4n) is 1.29. The summed E-state index contributed by atoms with van der Waals surface area (Å²) in [6.07, 6.45) is 2.64. The van der Waals surface area contributed by atoms with Crippen LogP contribution < -0.4 is 5.32 Å². The molecule has 1 rings (SSSR count). The van der Waals surface area contributed by atoms with Gasteiger partial charge in [0, 0.05) is 19.8 Å². The lowest BCUT2D eigenvalue weighted by atomic mass is 10.2. The fraction of sp³-hybridized carbons (Fsp3) is 0.538. The molecule has 0 unspecified atom stereocenters. The predicted molar refractivity (Wildman–Crippen MR) is 67.7 cm³/mol. The summed E-state index contributed by atoms with van der Waals surface area (Å²) >= 11 is 0. The molecule has 0 spiro atoms. The standard InChI is InChI=1S/C13H19N3O/c1-11(2)10-17-7-3-6-15-13-5-4-12(8-14)16-9-13/h4-5,9,11,15H,3,6-7,10H2,1-2H3. The van der Waals surface area contributed by atoms with Crippen LogP contribution in [0.2, 0.25) is 0 Å². The van der Waals surface area contributed by atoms with Crippen molar-refractivity contribution in [2.75, 3.05) is 25.1 Å². The zero-order chi connectivity index (χ0) is 12.5. The molecule has 0 saturated carbocycles. The van der Waals surface area contributed by atoms with Crippen LogP contribution >= 0.6 is 0 Å². The highest BCUT2D eigenvalue weighted by Gasteiger charge is 1.95. The van der Waals surface area contributed by atoms with Crippen LogP contribution in [0.3, 0.4) is 0 Å². The SMILES string of the molecule is CC(C)COCCCNc1ccc(C#N)nc1. The molecular weight excluding hydrogens is 214 g/mol. The molecule has 0 radical (unpaired) electrons. The van der Waals surface area contributed by atoms with Gasteiger partial charge in [0.2, 0.25) is 0 Å². The van der Waals surface area contributed by atoms with Crippen LogP contribution in [0.4, 0.5) is 5.69 Å². The average molecular weight is 233 g/mol. The van der Waals surface area contributed by atoms with E-state index in [1.165, 1.54) is 0 Å². The van der Waals surface area contributed by atoms with Crippen molar-refractivity contribution < 1.29 is 4.74 Å². The Morgan fingerprint density at radius 3 is 2.88 bits per heavy atom. The van der Waals surface area contributed by atoms with Gasteiger partial charge in [0.05, 0.1) is 11.9 Å². The number of rotatable bonds is 7. The molecule has 0 fully saturated rings. The Hall–Kier alpha value is -1.60. The molecule has 0 aliphatic rings. The smallest absolute Gasteiger partial charge is 0.140 e. The van der Waals surface area contributed by atoms with Gasteiger partial charge < -0.3 is 10.1 Å². The summed E-state index contributed by atoms with van der Waals surface area (Å²) in [5, 5.41) is 11.8. The molecule has 0 saturated heterocycles. The number of nitrogens with zero attached hydrogens (tertiary/aromatic N) is 2. The van der Waals surface area contributed by atoms with E-state index in [-0.39, 0.29) is 0 Å². The van der Waals surface area contributed by atoms with Gasteiger partial charge in [0.25, 0.3) is 0 Å². The van der Waals surface area contributed by atoms with Crippen LogP contribution in [-0.2, 0) is 4.74 Å². The van der Waals surface area contributed by atoms with E-state index in [1.807, 2.05) is 12.1 Å². The first-order valence-corrected chi connectivity index (χ1v) is 5.90. The molecule has 0 aromatic carbocycles. The number of pyridine rings is 1. The summed E-state index contributed by atoms with van der Waals surface area (Å²) in [5.74, 6) is 0.589. The summed E-state index contributed by atoms with van der Waals surface area (Å²) in [6.45, 7) is 6.72. The predicted octanol–water partition coefficient (Wildman–Crippen LogP) is 2.43. The zero-order valence-electron chi connectivity index (χ0n) is 10.4. The second kappa shape index (κ2) is 7.64. The number of hydrogen-bond donors (Lipinski definition) is 1. The van der Waals surface area contributed by atoms with Crippen LogP contribution in [0, 0.1) is 17.2 Å². The van der Waals surface area contributed by atoms with Gasteiger partial charge >= 0.3 is 0 Å². The van der Waals surface area contributed by atoms with Crippen molar-refractivity contribution in [3.05, 3.63) is 24.0 Å². The second-order valence-electron chi connectivity index (χ2n) is 4.29. The molecule has 4 nitrogen and oxygen atoms in total. The molecule has 17 heavy (non-hydrogen) atoms. The Balaban J connectivity index is 2.12. The third-order valence-electron chi connectivity index (χ3n) is 2.12. The normalized spacial score (nSPS) is 10.2. The fourth-order valence-corrected chi connectivity index (χ4v) is 1.29. The van der Waals surface area contributed by atoms with Gasteiger partial charge in [0.1, 0.15) is 11.8 Å². The number of aromatic nitrogens is 1. The van der Waals surface area contributed by atoms with Gasteiger partial charge in [-0.05, 0) is 24.5 Å². The Labute approximate surface area is 103 Å². The topological polar surface area (TPSA) is 57.9 Å². The van der Waals surface area contributed by atoms with Crippen molar-refractivity contribution in [1.29, 1.82) is 5.26 Å². The van der Waals surface area contributed by atoms with Crippen LogP contribution in [-0.4, -0.2) is 24.7 Å². The largest absolute Gasteiger partial charge is 0.384 e. The van der Waals surface area contributed by atoms with E-state index in [1.54, 1.807) is 12.3 Å². The van der Waals surface area contributed by atoms with Crippen molar-refractivity contribution in [1.82, 2.24) is 4.98 Å². The number of hydrogen-bond acceptors (Lipinski definition) is 4. The molecule has 1 N–H and O–H groups in total. The van der Waals surface area contributed by atoms with Crippen molar-refractivity contribution in [2.45, 2.75) is 20.3 Å². The molecule has 0 bridgehead atoms. The van der Waals surface area contributed by atoms with Crippen molar-refractivity contribution in [2.24, 2.45) is 5.92 Å². The highest BCUT2D eigenvalue weighted by molar-refractivity contribution is 5.42. The average Bonchev–Trinajstić information content (AvgIpc) is 2.34. The van der Waals surface area contributed by atoms with E-state index in [0.29, 0.717) is 11.6 Å². The zero-order valence-corrected chi connectivity index (χ0v) is 10.4. The minimum atomic E-state index is 0.441. The van der Waals surface area contributed by atoms with Gasteiger partial charge in [-0.3, -0.25) is 0 Å². The minimum Gasteiger partial charge on any atom is -0.384 e. The minimum absolute atomic E-state index is 0.441. The number of nitrogens with one attached hydrogen (secondary N) is 1. The Kier molecular flexibility index (Phi) is 6.05. The highest BCUT2D eigenvalue weighted by atomic mass is 16.5. The van der Waals surface area contributed by atoms with Crippen molar-refractivity contribution in [3.63, 3.8) is 0 Å². The van der Waals surface area contributed by atoms with Crippen LogP contribution in [0.5, 0.6) is 0 Å². The van der Waals surface area contributed by atoms with E-state index in [2.05, 4.69) is 24.1 Å². The monoisotopic (exact) mass is 233 g/mol. The molecule has 1 aromatic rings. The van der Waals surface area contributed by atoms with Crippen molar-refractivity contribution >= 4 is 5.69 Å². The first-order chi connectivity index (χ1) is 8.22. The number of ether oxygens (including phenoxy) is 1. The Morgan fingerprint density at radius 1 is 1.47 bits per heavy atom. The van der Waals surface area contributed by atoms with Crippen LogP contribution in [0.25, 0.3) is 0 Å². The molecule has 0 aliphatic carbocycles. The van der Waals surface area contributed by atoms with E-state index in [4.69, 9.17) is 10.00 Å². The molecule has 0 aliphatic heterocycles. The summed E-state index contributed by atoms with van der Waals surface area (Å²) < 4.78 is 5.47. The van der Waals surface area contributed by atoms with E-state index in [9.17, 15) is 0 Å². The number of nitriles is 1. The van der Waals surface area contributed by atoms with Crippen LogP contribution in [0.15, 0.2) is 18.3 Å². The molecule has 1 aromatic heterocycles. The van der Waals surface area contributed by atoms with Crippen molar-refractivity contribution in [3.8, 4) is 6.07 Å². The molecule has 0 atom stereocenters. The van der Waals surface area contributed by atoms with E-state index >= 15 is 0 Å². The van der Waals surface area contributed by atoms with E-state index in [0.717, 1.165) is 31.9 Å². The summed E-state index contributed by atoms with van der Waals surface area (Å²) in [7, 11) is 0. The summed E-state index contributed by atoms with van der Waals surface area (Å²) in [5.41, 5.74) is 1.38. The lowest BCUT2D eigenvalue weighted by molar-refractivity contribution is 0.110. The molecule has 1 heterocycles. The van der Waals surface area contributed by atoms with E-state index < -0.39 is 0 Å². The van der Waals surface area contributed by atoms with Gasteiger partial charge in [-0.2, -0.15) is 5.26 Å². The van der Waals surface area contributed by atoms with Crippen LogP contribution in [0.1, 0.15) is 26.0 Å². The Bertz CT molecular complexity index is 354. The van der Waals surface area contributed by atoms with Gasteiger partial charge in [-0.15, -0.1) is 0 Å². The molecular formula is C13H19N3O. The Morgan fingerprint density at radius 2 is 2.29 bits per heavy atom. The van der Waals surface area contributed by atoms with Gasteiger partial charge in [0.15, 0.2) is 0 Å². The molecule has 4 heteroatoms. The lowest BCUT2D eigenvalue weighted by Crippen LogP contribution is -2.08. The maximum atomic E-state index is 8.60. The number of anilines is 1. The first kappa shape index (κ1) is 13.5. The summed E-state index contributed by atoms with van der Waals surface area (Å²) in [4.78, 5) is 3.98. The highest BCUT2D eigenvalue weighted by Crippen LogP contribution is 2.05. The maximum Gasteiger partial charge on any atom is 0.140 e. The molecule has 0 amide bonds. The first-order valence-electron chi connectivity index (χ1n) is 5.90.